The molecule has 0 aromatic heterocycles. The van der Waals surface area contributed by atoms with Crippen molar-refractivity contribution in [2.75, 3.05) is 20.1 Å². The Kier molecular flexibility index (Phi) is 4.92. The Labute approximate surface area is 126 Å². The van der Waals surface area contributed by atoms with E-state index in [1.165, 1.54) is 18.4 Å². The summed E-state index contributed by atoms with van der Waals surface area (Å²) >= 11 is 5.94. The SMILES string of the molecule is CN=C(NCC1CC1)NCC(C)(C)c1ccc(Cl)cc1. The number of halogens is 1. The van der Waals surface area contributed by atoms with E-state index >= 15 is 0 Å². The third-order valence-corrected chi connectivity index (χ3v) is 4.05. The van der Waals surface area contributed by atoms with Crippen LogP contribution in [-0.4, -0.2) is 26.1 Å². The predicted octanol–water partition coefficient (Wildman–Crippen LogP) is 3.19. The Morgan fingerprint density at radius 1 is 1.25 bits per heavy atom. The van der Waals surface area contributed by atoms with Crippen molar-refractivity contribution < 1.29 is 0 Å². The van der Waals surface area contributed by atoms with E-state index in [9.17, 15) is 0 Å². The van der Waals surface area contributed by atoms with Crippen LogP contribution in [0, 0.1) is 5.92 Å². The molecule has 0 aliphatic heterocycles. The number of aliphatic imine (C=N–C) groups is 1. The summed E-state index contributed by atoms with van der Waals surface area (Å²) in [6.07, 6.45) is 2.69. The number of nitrogens with one attached hydrogen (secondary N) is 2. The van der Waals surface area contributed by atoms with Gasteiger partial charge in [0.15, 0.2) is 5.96 Å². The maximum atomic E-state index is 5.94. The Hall–Kier alpha value is -1.22. The summed E-state index contributed by atoms with van der Waals surface area (Å²) in [4.78, 5) is 4.27. The molecule has 1 aromatic rings. The van der Waals surface area contributed by atoms with Crippen LogP contribution in [0.1, 0.15) is 32.3 Å². The van der Waals surface area contributed by atoms with Gasteiger partial charge in [0.2, 0.25) is 0 Å². The average molecular weight is 294 g/mol. The van der Waals surface area contributed by atoms with Crippen molar-refractivity contribution in [1.29, 1.82) is 0 Å². The molecule has 0 amide bonds. The number of hydrogen-bond donors (Lipinski definition) is 2. The molecule has 1 fully saturated rings. The average Bonchev–Trinajstić information content (AvgIpc) is 3.23. The van der Waals surface area contributed by atoms with Crippen LogP contribution in [0.15, 0.2) is 29.3 Å². The second kappa shape index (κ2) is 6.49. The van der Waals surface area contributed by atoms with Crippen LogP contribution < -0.4 is 10.6 Å². The van der Waals surface area contributed by atoms with Gasteiger partial charge in [-0.05, 0) is 36.5 Å². The normalized spacial score (nSPS) is 16.1. The molecule has 1 aromatic carbocycles. The fourth-order valence-electron chi connectivity index (χ4n) is 2.09. The maximum absolute atomic E-state index is 5.94. The van der Waals surface area contributed by atoms with Crippen molar-refractivity contribution in [3.8, 4) is 0 Å². The van der Waals surface area contributed by atoms with Crippen molar-refractivity contribution in [3.63, 3.8) is 0 Å². The van der Waals surface area contributed by atoms with Crippen LogP contribution in [0.5, 0.6) is 0 Å². The van der Waals surface area contributed by atoms with Crippen molar-refractivity contribution in [2.24, 2.45) is 10.9 Å². The van der Waals surface area contributed by atoms with Gasteiger partial charge in [-0.2, -0.15) is 0 Å². The Morgan fingerprint density at radius 3 is 2.45 bits per heavy atom. The number of rotatable bonds is 5. The Bertz CT molecular complexity index is 461. The molecule has 3 nitrogen and oxygen atoms in total. The quantitative estimate of drug-likeness (QED) is 0.646. The van der Waals surface area contributed by atoms with Crippen LogP contribution in [0.3, 0.4) is 0 Å². The van der Waals surface area contributed by atoms with Crippen molar-refractivity contribution in [2.45, 2.75) is 32.1 Å². The van der Waals surface area contributed by atoms with Gasteiger partial charge in [-0.25, -0.2) is 0 Å². The Balaban J connectivity index is 1.87. The predicted molar refractivity (Wildman–Crippen MR) is 86.6 cm³/mol. The molecule has 0 radical (unpaired) electrons. The lowest BCUT2D eigenvalue weighted by Crippen LogP contribution is -2.44. The first kappa shape index (κ1) is 15.2. The largest absolute Gasteiger partial charge is 0.356 e. The molecule has 0 bridgehead atoms. The van der Waals surface area contributed by atoms with Crippen molar-refractivity contribution in [3.05, 3.63) is 34.9 Å². The molecule has 0 heterocycles. The van der Waals surface area contributed by atoms with E-state index in [1.807, 2.05) is 19.2 Å². The van der Waals surface area contributed by atoms with Gasteiger partial charge in [0.05, 0.1) is 0 Å². The molecule has 0 unspecified atom stereocenters. The zero-order valence-corrected chi connectivity index (χ0v) is 13.3. The van der Waals surface area contributed by atoms with E-state index in [4.69, 9.17) is 11.6 Å². The van der Waals surface area contributed by atoms with Crippen molar-refractivity contribution >= 4 is 17.6 Å². The summed E-state index contributed by atoms with van der Waals surface area (Å²) in [5, 5.41) is 7.57. The molecule has 1 saturated carbocycles. The van der Waals surface area contributed by atoms with E-state index in [2.05, 4.69) is 41.6 Å². The fourth-order valence-corrected chi connectivity index (χ4v) is 2.22. The zero-order valence-electron chi connectivity index (χ0n) is 12.5. The highest BCUT2D eigenvalue weighted by molar-refractivity contribution is 6.30. The smallest absolute Gasteiger partial charge is 0.191 e. The van der Waals surface area contributed by atoms with Crippen LogP contribution in [0.2, 0.25) is 5.02 Å². The second-order valence-electron chi connectivity index (χ2n) is 6.14. The van der Waals surface area contributed by atoms with E-state index in [1.54, 1.807) is 0 Å². The lowest BCUT2D eigenvalue weighted by atomic mass is 9.85. The molecule has 110 valence electrons. The van der Waals surface area contributed by atoms with Crippen LogP contribution in [-0.2, 0) is 5.41 Å². The fraction of sp³-hybridized carbons (Fsp3) is 0.562. The van der Waals surface area contributed by atoms with E-state index in [0.717, 1.165) is 30.0 Å². The van der Waals surface area contributed by atoms with E-state index in [0.29, 0.717) is 0 Å². The molecule has 0 spiro atoms. The van der Waals surface area contributed by atoms with Gasteiger partial charge in [0, 0.05) is 30.6 Å². The molecule has 0 saturated heterocycles. The van der Waals surface area contributed by atoms with Gasteiger partial charge >= 0.3 is 0 Å². The minimum absolute atomic E-state index is 0.0296. The third-order valence-electron chi connectivity index (χ3n) is 3.80. The molecule has 1 aliphatic carbocycles. The zero-order chi connectivity index (χ0) is 14.6. The Morgan fingerprint density at radius 2 is 1.90 bits per heavy atom. The molecule has 2 rings (SSSR count). The van der Waals surface area contributed by atoms with Gasteiger partial charge in [-0.3, -0.25) is 4.99 Å². The summed E-state index contributed by atoms with van der Waals surface area (Å²) in [7, 11) is 1.82. The van der Waals surface area contributed by atoms with E-state index < -0.39 is 0 Å². The summed E-state index contributed by atoms with van der Waals surface area (Å²) in [5.41, 5.74) is 1.30. The molecular formula is C16H24ClN3. The number of benzene rings is 1. The second-order valence-corrected chi connectivity index (χ2v) is 6.58. The van der Waals surface area contributed by atoms with Gasteiger partial charge in [0.25, 0.3) is 0 Å². The van der Waals surface area contributed by atoms with E-state index in [-0.39, 0.29) is 5.41 Å². The lowest BCUT2D eigenvalue weighted by Gasteiger charge is -2.27. The lowest BCUT2D eigenvalue weighted by molar-refractivity contribution is 0.508. The highest BCUT2D eigenvalue weighted by Gasteiger charge is 2.23. The van der Waals surface area contributed by atoms with Crippen LogP contribution in [0.25, 0.3) is 0 Å². The summed E-state index contributed by atoms with van der Waals surface area (Å²) in [6, 6.07) is 8.06. The minimum Gasteiger partial charge on any atom is -0.356 e. The van der Waals surface area contributed by atoms with Gasteiger partial charge in [-0.1, -0.05) is 37.6 Å². The highest BCUT2D eigenvalue weighted by Crippen LogP contribution is 2.27. The molecule has 1 aliphatic rings. The topological polar surface area (TPSA) is 36.4 Å². The monoisotopic (exact) mass is 293 g/mol. The third kappa shape index (κ3) is 4.41. The summed E-state index contributed by atoms with van der Waals surface area (Å²) < 4.78 is 0. The number of hydrogen-bond acceptors (Lipinski definition) is 1. The van der Waals surface area contributed by atoms with Gasteiger partial charge < -0.3 is 10.6 Å². The van der Waals surface area contributed by atoms with Crippen LogP contribution in [0.4, 0.5) is 0 Å². The molecular weight excluding hydrogens is 270 g/mol. The number of guanidine groups is 1. The minimum atomic E-state index is 0.0296. The molecule has 0 atom stereocenters. The first-order chi connectivity index (χ1) is 9.51. The number of nitrogens with zero attached hydrogens (tertiary/aromatic N) is 1. The molecule has 2 N–H and O–H groups in total. The first-order valence-electron chi connectivity index (χ1n) is 7.22. The molecule has 4 heteroatoms. The highest BCUT2D eigenvalue weighted by atomic mass is 35.5. The van der Waals surface area contributed by atoms with Gasteiger partial charge in [-0.15, -0.1) is 0 Å². The standard InChI is InChI=1S/C16H24ClN3/c1-16(2,13-6-8-14(17)9-7-13)11-20-15(18-3)19-10-12-4-5-12/h6-9,12H,4-5,10-11H2,1-3H3,(H2,18,19,20). The summed E-state index contributed by atoms with van der Waals surface area (Å²) in [6.45, 7) is 6.30. The first-order valence-corrected chi connectivity index (χ1v) is 7.59. The van der Waals surface area contributed by atoms with Crippen molar-refractivity contribution in [1.82, 2.24) is 10.6 Å². The van der Waals surface area contributed by atoms with Gasteiger partial charge in [0.1, 0.15) is 0 Å². The van der Waals surface area contributed by atoms with Crippen LogP contribution >= 0.6 is 11.6 Å². The molecule has 20 heavy (non-hydrogen) atoms. The summed E-state index contributed by atoms with van der Waals surface area (Å²) in [5.74, 6) is 1.73. The maximum Gasteiger partial charge on any atom is 0.191 e.